The number of hydrogen-bond acceptors (Lipinski definition) is 6. The first-order valence-corrected chi connectivity index (χ1v) is 2.44. The van der Waals surface area contributed by atoms with E-state index >= 15 is 0 Å². The fourth-order valence-corrected chi connectivity index (χ4v) is 0.281. The van der Waals surface area contributed by atoms with Crippen molar-refractivity contribution in [3.63, 3.8) is 0 Å². The van der Waals surface area contributed by atoms with Crippen molar-refractivity contribution in [2.45, 2.75) is 0 Å². The van der Waals surface area contributed by atoms with Crippen LogP contribution in [0.25, 0.3) is 0 Å². The van der Waals surface area contributed by atoms with Gasteiger partial charge in [-0.2, -0.15) is 0 Å². The summed E-state index contributed by atoms with van der Waals surface area (Å²) in [4.78, 5) is 6.31. The molecule has 44 valence electrons. The molecule has 0 aliphatic rings. The van der Waals surface area contributed by atoms with Crippen LogP contribution in [0.4, 0.5) is 0 Å². The van der Waals surface area contributed by atoms with Crippen molar-refractivity contribution in [3.8, 4) is 0 Å². The van der Waals surface area contributed by atoms with Gasteiger partial charge in [-0.3, -0.25) is 0 Å². The quantitative estimate of drug-likeness (QED) is 0.150. The minimum Gasteiger partial charge on any atom is -0.226 e. The van der Waals surface area contributed by atoms with Gasteiger partial charge in [0.1, 0.15) is 12.2 Å². The lowest BCUT2D eigenvalue weighted by Crippen LogP contribution is -1.96. The van der Waals surface area contributed by atoms with E-state index in [4.69, 9.17) is 0 Å². The normalized spacial score (nSPS) is 9.43. The zero-order valence-corrected chi connectivity index (χ0v) is 5.29. The summed E-state index contributed by atoms with van der Waals surface area (Å²) in [5.74, 6) is 0. The van der Waals surface area contributed by atoms with Crippen molar-refractivity contribution in [1.29, 1.82) is 0 Å². The van der Waals surface area contributed by atoms with E-state index < -0.39 is 0 Å². The lowest BCUT2D eigenvalue weighted by atomic mass is 11.8. The molecule has 0 aromatic heterocycles. The molecule has 0 atom stereocenters. The Kier molecular flexibility index (Phi) is 7.04. The Bertz CT molecular complexity index is 32.1. The molecule has 0 aromatic carbocycles. The van der Waals surface area contributed by atoms with Crippen LogP contribution in [0, 0.1) is 0 Å². The molecule has 0 aliphatic carbocycles. The monoisotopic (exact) mass is 143 g/mol. The summed E-state index contributed by atoms with van der Waals surface area (Å²) in [5, 5.41) is 0. The van der Waals surface area contributed by atoms with Gasteiger partial charge < -0.3 is 0 Å². The van der Waals surface area contributed by atoms with Gasteiger partial charge in [0.15, 0.2) is 0 Å². The third-order valence-corrected chi connectivity index (χ3v) is 0.744. The SMILES string of the molecule is COOSNOS. The van der Waals surface area contributed by atoms with Gasteiger partial charge in [0.2, 0.25) is 0 Å². The van der Waals surface area contributed by atoms with Gasteiger partial charge in [-0.1, -0.05) is 0 Å². The predicted octanol–water partition coefficient (Wildman–Crippen LogP) is 0.494. The summed E-state index contributed by atoms with van der Waals surface area (Å²) in [6.07, 6.45) is 0. The van der Waals surface area contributed by atoms with Crippen molar-refractivity contribution in [1.82, 2.24) is 4.89 Å². The van der Waals surface area contributed by atoms with E-state index in [-0.39, 0.29) is 0 Å². The molecule has 0 fully saturated rings. The van der Waals surface area contributed by atoms with Crippen LogP contribution in [0.3, 0.4) is 0 Å². The molecule has 0 saturated carbocycles. The molecule has 0 saturated heterocycles. The van der Waals surface area contributed by atoms with Gasteiger partial charge in [-0.25, -0.2) is 9.17 Å². The fourth-order valence-electron chi connectivity index (χ4n) is 0.0631. The third kappa shape index (κ3) is 6.54. The van der Waals surface area contributed by atoms with Gasteiger partial charge in [-0.15, -0.1) is 9.22 Å². The molecule has 1 N–H and O–H groups in total. The highest BCUT2D eigenvalue weighted by Crippen LogP contribution is 1.94. The van der Waals surface area contributed by atoms with E-state index in [0.29, 0.717) is 0 Å². The smallest absolute Gasteiger partial charge is 0.145 e. The molecule has 0 unspecified atom stereocenters. The Morgan fingerprint density at radius 2 is 2.43 bits per heavy atom. The first-order valence-electron chi connectivity index (χ1n) is 1.33. The van der Waals surface area contributed by atoms with Crippen molar-refractivity contribution < 1.29 is 13.5 Å². The molecular formula is CH5NO3S2. The first kappa shape index (κ1) is 7.54. The van der Waals surface area contributed by atoms with Crippen LogP contribution in [0.1, 0.15) is 0 Å². The summed E-state index contributed by atoms with van der Waals surface area (Å²) in [7, 11) is 1.38. The molecule has 0 aromatic rings. The van der Waals surface area contributed by atoms with Crippen molar-refractivity contribution >= 4 is 25.1 Å². The van der Waals surface area contributed by atoms with Crippen LogP contribution in [0.5, 0.6) is 0 Å². The Morgan fingerprint density at radius 3 is 2.86 bits per heavy atom. The highest BCUT2D eigenvalue weighted by Gasteiger charge is 1.79. The van der Waals surface area contributed by atoms with Crippen LogP contribution in [-0.2, 0) is 13.5 Å². The lowest BCUT2D eigenvalue weighted by molar-refractivity contribution is -0.162. The average Bonchev–Trinajstić information content (AvgIpc) is 1.69. The molecular weight excluding hydrogens is 138 g/mol. The molecule has 0 heterocycles. The zero-order chi connectivity index (χ0) is 5.54. The van der Waals surface area contributed by atoms with Gasteiger partial charge in [0.05, 0.1) is 7.11 Å². The molecule has 4 nitrogen and oxygen atoms in total. The molecule has 0 radical (unpaired) electrons. The van der Waals surface area contributed by atoms with Crippen LogP contribution < -0.4 is 4.89 Å². The predicted molar refractivity (Wildman–Crippen MR) is 28.9 cm³/mol. The van der Waals surface area contributed by atoms with E-state index in [1.807, 2.05) is 0 Å². The van der Waals surface area contributed by atoms with Gasteiger partial charge in [0.25, 0.3) is 0 Å². The van der Waals surface area contributed by atoms with E-state index in [9.17, 15) is 0 Å². The highest BCUT2D eigenvalue weighted by atomic mass is 32.2. The Morgan fingerprint density at radius 1 is 1.71 bits per heavy atom. The third-order valence-electron chi connectivity index (χ3n) is 0.173. The molecule has 0 spiro atoms. The fraction of sp³-hybridized carbons (Fsp3) is 1.00. The maximum atomic E-state index is 4.21. The summed E-state index contributed by atoms with van der Waals surface area (Å²) < 4.78 is 8.25. The van der Waals surface area contributed by atoms with Gasteiger partial charge in [-0.05, 0) is 0 Å². The minimum atomic E-state index is 0.782. The van der Waals surface area contributed by atoms with Crippen LogP contribution in [0.2, 0.25) is 0 Å². The minimum absolute atomic E-state index is 0.782. The maximum absolute atomic E-state index is 4.21. The second-order valence-electron chi connectivity index (χ2n) is 0.493. The van der Waals surface area contributed by atoms with Gasteiger partial charge in [0, 0.05) is 12.9 Å². The summed E-state index contributed by atoms with van der Waals surface area (Å²) in [6.45, 7) is 0. The number of rotatable bonds is 4. The Balaban J connectivity index is 2.45. The molecule has 6 heteroatoms. The Hall–Kier alpha value is 0.540. The van der Waals surface area contributed by atoms with Crippen molar-refractivity contribution in [2.75, 3.05) is 7.11 Å². The second kappa shape index (κ2) is 6.54. The van der Waals surface area contributed by atoms with Crippen molar-refractivity contribution in [3.05, 3.63) is 0 Å². The summed E-state index contributed by atoms with van der Waals surface area (Å²) >= 11 is 4.11. The maximum Gasteiger partial charge on any atom is 0.145 e. The first-order chi connectivity index (χ1) is 3.41. The molecule has 0 bridgehead atoms. The summed E-state index contributed by atoms with van der Waals surface area (Å²) in [5.41, 5.74) is 0. The van der Waals surface area contributed by atoms with E-state index in [2.05, 4.69) is 31.3 Å². The lowest BCUT2D eigenvalue weighted by Gasteiger charge is -1.93. The summed E-state index contributed by atoms with van der Waals surface area (Å²) in [6, 6.07) is 0. The van der Waals surface area contributed by atoms with Crippen LogP contribution in [-0.4, -0.2) is 7.11 Å². The Labute approximate surface area is 51.3 Å². The average molecular weight is 143 g/mol. The van der Waals surface area contributed by atoms with Gasteiger partial charge >= 0.3 is 0 Å². The number of thiol groups is 1. The van der Waals surface area contributed by atoms with Crippen molar-refractivity contribution in [2.24, 2.45) is 0 Å². The topological polar surface area (TPSA) is 39.7 Å². The second-order valence-corrected chi connectivity index (χ2v) is 1.14. The number of nitrogens with one attached hydrogen (secondary N) is 1. The largest absolute Gasteiger partial charge is 0.226 e. The standard InChI is InChI=1S/CH5NO3S2/c1-3-5-7-2-4-6/h2,6H,1H3. The number of hydrogen-bond donors (Lipinski definition) is 2. The molecule has 7 heavy (non-hydrogen) atoms. The molecule has 0 aliphatic heterocycles. The van der Waals surface area contributed by atoms with E-state index in [1.165, 1.54) is 7.11 Å². The zero-order valence-electron chi connectivity index (χ0n) is 3.58. The molecule has 0 amide bonds. The highest BCUT2D eigenvalue weighted by molar-refractivity contribution is 7.92. The van der Waals surface area contributed by atoms with E-state index in [1.54, 1.807) is 0 Å². The van der Waals surface area contributed by atoms with Crippen LogP contribution in [0.15, 0.2) is 0 Å². The van der Waals surface area contributed by atoms with Crippen LogP contribution >= 0.6 is 25.1 Å². The molecule has 0 rings (SSSR count). The van der Waals surface area contributed by atoms with E-state index in [0.717, 1.165) is 12.2 Å².